The van der Waals surface area contributed by atoms with Crippen LogP contribution in [0.2, 0.25) is 0 Å². The Labute approximate surface area is 133 Å². The molecule has 13 heteroatoms. The molecule has 1 aliphatic rings. The molecule has 0 spiro atoms. The molecule has 1 fully saturated rings. The number of alkyl halides is 1. The summed E-state index contributed by atoms with van der Waals surface area (Å²) >= 11 is 0. The van der Waals surface area contributed by atoms with Gasteiger partial charge < -0.3 is 19.8 Å². The molecule has 132 valence electrons. The molecule has 1 aliphatic heterocycles. The molecule has 2 rings (SSSR count). The number of terminal acetylenes is 1. The van der Waals surface area contributed by atoms with Crippen LogP contribution in [0.4, 0.5) is 4.39 Å². The quantitative estimate of drug-likeness (QED) is 0.286. The standard InChI is InChI=1S/C11H13FN3O8P/c1-2-10(19)7(17)11(12,5-22-24(13,20)21)23-8(10)15-4-3-6(16)14-9(15)18/h1,3-4,7-8,17,19H,5H2,(H3,13,20,21)(H,14,16,18)/t7-,8+,10+,11+/m0/s1. The van der Waals surface area contributed by atoms with Crippen molar-refractivity contribution in [3.8, 4) is 12.3 Å². The third kappa shape index (κ3) is 3.19. The van der Waals surface area contributed by atoms with E-state index >= 15 is 0 Å². The average Bonchev–Trinajstić information content (AvgIpc) is 2.68. The number of halogens is 1. The second-order valence-corrected chi connectivity index (χ2v) is 6.37. The molecule has 0 aromatic carbocycles. The zero-order valence-electron chi connectivity index (χ0n) is 11.8. The summed E-state index contributed by atoms with van der Waals surface area (Å²) in [6.45, 7) is -1.36. The summed E-state index contributed by atoms with van der Waals surface area (Å²) in [6, 6.07) is 0.866. The average molecular weight is 365 g/mol. The van der Waals surface area contributed by atoms with E-state index in [1.165, 1.54) is 0 Å². The lowest BCUT2D eigenvalue weighted by Crippen LogP contribution is -2.51. The first kappa shape index (κ1) is 18.5. The van der Waals surface area contributed by atoms with Gasteiger partial charge in [-0.3, -0.25) is 18.9 Å². The van der Waals surface area contributed by atoms with Crippen molar-refractivity contribution >= 4 is 7.75 Å². The number of aliphatic hydroxyl groups is 2. The molecule has 1 unspecified atom stereocenters. The van der Waals surface area contributed by atoms with E-state index in [1.807, 2.05) is 4.98 Å². The Kier molecular flexibility index (Phi) is 4.55. The molecular weight excluding hydrogens is 352 g/mol. The van der Waals surface area contributed by atoms with Gasteiger partial charge in [0.25, 0.3) is 11.4 Å². The number of H-pyrrole nitrogens is 1. The number of nitrogens with one attached hydrogen (secondary N) is 1. The molecular formula is C11H13FN3O8P. The molecule has 0 saturated carbocycles. The van der Waals surface area contributed by atoms with Crippen LogP contribution in [-0.2, 0) is 13.8 Å². The van der Waals surface area contributed by atoms with Crippen molar-refractivity contribution in [2.24, 2.45) is 5.50 Å². The highest BCUT2D eigenvalue weighted by Crippen LogP contribution is 2.46. The monoisotopic (exact) mass is 365 g/mol. The van der Waals surface area contributed by atoms with Crippen molar-refractivity contribution in [2.75, 3.05) is 6.61 Å². The normalized spacial score (nSPS) is 35.3. The number of aliphatic hydroxyl groups excluding tert-OH is 1. The van der Waals surface area contributed by atoms with Gasteiger partial charge in [-0.15, -0.1) is 6.42 Å². The predicted molar refractivity (Wildman–Crippen MR) is 75.0 cm³/mol. The molecule has 0 bridgehead atoms. The Bertz CT molecular complexity index is 843. The zero-order chi connectivity index (χ0) is 18.3. The van der Waals surface area contributed by atoms with Crippen molar-refractivity contribution in [1.29, 1.82) is 0 Å². The van der Waals surface area contributed by atoms with Crippen molar-refractivity contribution in [1.82, 2.24) is 9.55 Å². The second-order valence-electron chi connectivity index (χ2n) is 4.98. The van der Waals surface area contributed by atoms with Crippen LogP contribution in [-0.4, -0.2) is 48.8 Å². The summed E-state index contributed by atoms with van der Waals surface area (Å²) in [5, 5.41) is 20.3. The SMILES string of the molecule is C#C[C@]1(O)[C@H](n2ccc(=O)[nH]c2=O)O[C@](F)(COP(N)(=O)O)[C@H]1O. The van der Waals surface area contributed by atoms with E-state index in [4.69, 9.17) is 21.6 Å². The summed E-state index contributed by atoms with van der Waals surface area (Å²) in [5.74, 6) is -1.56. The highest BCUT2D eigenvalue weighted by atomic mass is 31.2. The van der Waals surface area contributed by atoms with Crippen LogP contribution in [0.1, 0.15) is 6.23 Å². The van der Waals surface area contributed by atoms with E-state index in [2.05, 4.69) is 4.52 Å². The zero-order valence-corrected chi connectivity index (χ0v) is 12.7. The lowest BCUT2D eigenvalue weighted by atomic mass is 9.94. The Balaban J connectivity index is 2.46. The maximum atomic E-state index is 14.7. The molecule has 1 aromatic rings. The minimum absolute atomic E-state index is 0.535. The van der Waals surface area contributed by atoms with Gasteiger partial charge >= 0.3 is 13.4 Å². The van der Waals surface area contributed by atoms with Crippen LogP contribution in [0.3, 0.4) is 0 Å². The number of nitrogens with two attached hydrogens (primary N) is 1. The summed E-state index contributed by atoms with van der Waals surface area (Å²) in [5.41, 5.74) is 0.0504. The first-order valence-electron chi connectivity index (χ1n) is 6.25. The molecule has 0 amide bonds. The van der Waals surface area contributed by atoms with Crippen LogP contribution in [0, 0.1) is 12.3 Å². The summed E-state index contributed by atoms with van der Waals surface area (Å²) < 4.78 is 35.1. The Morgan fingerprint density at radius 2 is 2.25 bits per heavy atom. The Morgan fingerprint density at radius 3 is 2.75 bits per heavy atom. The maximum Gasteiger partial charge on any atom is 0.400 e. The van der Waals surface area contributed by atoms with Crippen molar-refractivity contribution in [2.45, 2.75) is 23.8 Å². The van der Waals surface area contributed by atoms with Crippen molar-refractivity contribution in [3.63, 3.8) is 0 Å². The maximum absolute atomic E-state index is 14.7. The van der Waals surface area contributed by atoms with Gasteiger partial charge in [-0.2, -0.15) is 0 Å². The van der Waals surface area contributed by atoms with Gasteiger partial charge in [-0.05, 0) is 0 Å². The second kappa shape index (κ2) is 5.91. The first-order valence-corrected chi connectivity index (χ1v) is 7.90. The predicted octanol–water partition coefficient (Wildman–Crippen LogP) is -2.47. The van der Waals surface area contributed by atoms with Gasteiger partial charge in [0, 0.05) is 12.3 Å². The fourth-order valence-corrected chi connectivity index (χ4v) is 2.49. The third-order valence-corrected chi connectivity index (χ3v) is 3.79. The van der Waals surface area contributed by atoms with E-state index in [1.54, 1.807) is 5.92 Å². The van der Waals surface area contributed by atoms with Crippen LogP contribution in [0.25, 0.3) is 0 Å². The molecule has 2 heterocycles. The number of nitrogens with zero attached hydrogens (tertiary/aromatic N) is 1. The van der Waals surface area contributed by atoms with Gasteiger partial charge in [0.2, 0.25) is 5.60 Å². The number of rotatable bonds is 4. The molecule has 0 radical (unpaired) electrons. The van der Waals surface area contributed by atoms with Crippen LogP contribution in [0.5, 0.6) is 0 Å². The van der Waals surface area contributed by atoms with Crippen molar-refractivity contribution in [3.05, 3.63) is 33.1 Å². The molecule has 6 N–H and O–H groups in total. The van der Waals surface area contributed by atoms with Crippen LogP contribution in [0.15, 0.2) is 21.9 Å². The molecule has 0 aliphatic carbocycles. The van der Waals surface area contributed by atoms with E-state index in [-0.39, 0.29) is 0 Å². The van der Waals surface area contributed by atoms with Gasteiger partial charge in [-0.1, -0.05) is 5.92 Å². The Morgan fingerprint density at radius 1 is 1.62 bits per heavy atom. The van der Waals surface area contributed by atoms with Crippen LogP contribution >= 0.6 is 7.75 Å². The third-order valence-electron chi connectivity index (χ3n) is 3.29. The minimum atomic E-state index is -4.63. The van der Waals surface area contributed by atoms with Gasteiger partial charge in [-0.25, -0.2) is 19.3 Å². The van der Waals surface area contributed by atoms with E-state index in [0.29, 0.717) is 4.57 Å². The van der Waals surface area contributed by atoms with Gasteiger partial charge in [0.05, 0.1) is 0 Å². The van der Waals surface area contributed by atoms with E-state index in [9.17, 15) is 28.8 Å². The van der Waals surface area contributed by atoms with Gasteiger partial charge in [0.15, 0.2) is 12.3 Å². The molecule has 11 nitrogen and oxygen atoms in total. The van der Waals surface area contributed by atoms with Crippen LogP contribution < -0.4 is 16.8 Å². The fourth-order valence-electron chi connectivity index (χ4n) is 2.13. The molecule has 1 aromatic heterocycles. The number of aromatic nitrogens is 2. The molecule has 1 saturated heterocycles. The number of aromatic amines is 1. The number of hydrogen-bond donors (Lipinski definition) is 5. The minimum Gasteiger partial charge on any atom is -0.383 e. The topological polar surface area (TPSA) is 177 Å². The fraction of sp³-hybridized carbons (Fsp3) is 0.455. The van der Waals surface area contributed by atoms with Crippen molar-refractivity contribution < 1.29 is 33.3 Å². The lowest BCUT2D eigenvalue weighted by molar-refractivity contribution is -0.203. The summed E-state index contributed by atoms with van der Waals surface area (Å²) in [7, 11) is -4.63. The number of ether oxygens (including phenoxy) is 1. The van der Waals surface area contributed by atoms with Gasteiger partial charge in [0.1, 0.15) is 6.61 Å². The van der Waals surface area contributed by atoms with E-state index < -0.39 is 49.4 Å². The number of hydrogen-bond acceptors (Lipinski definition) is 7. The first-order chi connectivity index (χ1) is 10.9. The summed E-state index contributed by atoms with van der Waals surface area (Å²) in [4.78, 5) is 33.5. The highest BCUT2D eigenvalue weighted by Gasteiger charge is 2.65. The molecule has 24 heavy (non-hydrogen) atoms. The summed E-state index contributed by atoms with van der Waals surface area (Å²) in [6.07, 6.45) is 1.53. The Hall–Kier alpha value is -1.84. The van der Waals surface area contributed by atoms with E-state index in [0.717, 1.165) is 12.3 Å². The molecule has 5 atom stereocenters. The smallest absolute Gasteiger partial charge is 0.383 e. The highest BCUT2D eigenvalue weighted by molar-refractivity contribution is 7.50. The largest absolute Gasteiger partial charge is 0.400 e. The lowest BCUT2D eigenvalue weighted by Gasteiger charge is -2.26.